The van der Waals surface area contributed by atoms with Crippen LogP contribution in [-0.4, -0.2) is 26.8 Å². The van der Waals surface area contributed by atoms with Gasteiger partial charge in [-0.2, -0.15) is 0 Å². The van der Waals surface area contributed by atoms with E-state index in [1.807, 2.05) is 24.3 Å². The summed E-state index contributed by atoms with van der Waals surface area (Å²) in [4.78, 5) is 12.2. The number of carbonyl (C=O) groups excluding carboxylic acids is 1. The summed E-state index contributed by atoms with van der Waals surface area (Å²) in [5, 5.41) is 6.18. The molecule has 2 N–H and O–H groups in total. The molecule has 2 aromatic rings. The van der Waals surface area contributed by atoms with Crippen LogP contribution in [0.4, 0.5) is 10.5 Å². The second kappa shape index (κ2) is 8.12. The standard InChI is InChI=1S/C19H23ClN2O3/c1-19(2,13-5-8-15(24-3)9-6-13)12-21-18(23)22-16-11-14(20)7-10-17(16)25-4/h5-11H,12H2,1-4H3,(H2,21,22,23). The van der Waals surface area contributed by atoms with Crippen LogP contribution in [-0.2, 0) is 5.41 Å². The van der Waals surface area contributed by atoms with Gasteiger partial charge in [0.25, 0.3) is 0 Å². The average Bonchev–Trinajstić information content (AvgIpc) is 2.60. The van der Waals surface area contributed by atoms with Gasteiger partial charge in [0.1, 0.15) is 11.5 Å². The lowest BCUT2D eigenvalue weighted by molar-refractivity contribution is 0.249. The van der Waals surface area contributed by atoms with Crippen molar-refractivity contribution >= 4 is 23.3 Å². The molecule has 0 spiro atoms. The lowest BCUT2D eigenvalue weighted by Crippen LogP contribution is -2.39. The van der Waals surface area contributed by atoms with Crippen LogP contribution in [0.3, 0.4) is 0 Å². The highest BCUT2D eigenvalue weighted by Gasteiger charge is 2.21. The summed E-state index contributed by atoms with van der Waals surface area (Å²) >= 11 is 5.97. The van der Waals surface area contributed by atoms with Crippen molar-refractivity contribution in [2.24, 2.45) is 0 Å². The van der Waals surface area contributed by atoms with Crippen LogP contribution in [0.5, 0.6) is 11.5 Å². The van der Waals surface area contributed by atoms with Gasteiger partial charge in [0.05, 0.1) is 19.9 Å². The zero-order valence-corrected chi connectivity index (χ0v) is 15.6. The molecule has 0 heterocycles. The minimum Gasteiger partial charge on any atom is -0.497 e. The third-order valence-corrected chi connectivity index (χ3v) is 4.21. The Morgan fingerprint density at radius 1 is 1.08 bits per heavy atom. The number of methoxy groups -OCH3 is 2. The maximum absolute atomic E-state index is 12.2. The van der Waals surface area contributed by atoms with Crippen molar-refractivity contribution in [1.29, 1.82) is 0 Å². The molecular weight excluding hydrogens is 340 g/mol. The third kappa shape index (κ3) is 5.03. The monoisotopic (exact) mass is 362 g/mol. The highest BCUT2D eigenvalue weighted by Crippen LogP contribution is 2.28. The number of hydrogen-bond acceptors (Lipinski definition) is 3. The van der Waals surface area contributed by atoms with Crippen LogP contribution in [0.25, 0.3) is 0 Å². The normalized spacial score (nSPS) is 10.9. The zero-order valence-electron chi connectivity index (χ0n) is 14.9. The smallest absolute Gasteiger partial charge is 0.319 e. The molecule has 5 nitrogen and oxygen atoms in total. The Labute approximate surface area is 153 Å². The Hall–Kier alpha value is -2.40. The number of ether oxygens (including phenoxy) is 2. The van der Waals surface area contributed by atoms with Gasteiger partial charge in [-0.05, 0) is 35.9 Å². The molecule has 0 atom stereocenters. The van der Waals surface area contributed by atoms with Gasteiger partial charge < -0.3 is 20.1 Å². The number of hydrogen-bond donors (Lipinski definition) is 2. The SMILES string of the molecule is COc1ccc(C(C)(C)CNC(=O)Nc2cc(Cl)ccc2OC)cc1. The van der Waals surface area contributed by atoms with Gasteiger partial charge >= 0.3 is 6.03 Å². The van der Waals surface area contributed by atoms with Gasteiger partial charge in [0, 0.05) is 17.0 Å². The summed E-state index contributed by atoms with van der Waals surface area (Å²) in [6.07, 6.45) is 0. The van der Waals surface area contributed by atoms with Crippen molar-refractivity contribution in [1.82, 2.24) is 5.32 Å². The first-order chi connectivity index (χ1) is 11.9. The van der Waals surface area contributed by atoms with E-state index >= 15 is 0 Å². The predicted octanol–water partition coefficient (Wildman–Crippen LogP) is 4.46. The van der Waals surface area contributed by atoms with E-state index in [1.54, 1.807) is 32.4 Å². The summed E-state index contributed by atoms with van der Waals surface area (Å²) in [6.45, 7) is 4.60. The summed E-state index contributed by atoms with van der Waals surface area (Å²) in [5.74, 6) is 1.35. The van der Waals surface area contributed by atoms with Crippen molar-refractivity contribution < 1.29 is 14.3 Å². The fourth-order valence-corrected chi connectivity index (χ4v) is 2.56. The summed E-state index contributed by atoms with van der Waals surface area (Å²) < 4.78 is 10.4. The lowest BCUT2D eigenvalue weighted by atomic mass is 9.84. The Bertz CT molecular complexity index is 730. The maximum Gasteiger partial charge on any atom is 0.319 e. The van der Waals surface area contributed by atoms with Gasteiger partial charge in [0.15, 0.2) is 0 Å². The Morgan fingerprint density at radius 3 is 2.36 bits per heavy atom. The van der Waals surface area contributed by atoms with Crippen LogP contribution < -0.4 is 20.1 Å². The van der Waals surface area contributed by atoms with Gasteiger partial charge in [0.2, 0.25) is 0 Å². The van der Waals surface area contributed by atoms with E-state index in [4.69, 9.17) is 21.1 Å². The van der Waals surface area contributed by atoms with Gasteiger partial charge in [-0.15, -0.1) is 0 Å². The van der Waals surface area contributed by atoms with E-state index in [9.17, 15) is 4.79 Å². The van der Waals surface area contributed by atoms with Gasteiger partial charge in [-0.3, -0.25) is 0 Å². The van der Waals surface area contributed by atoms with Gasteiger partial charge in [-0.1, -0.05) is 37.6 Å². The molecule has 0 aromatic heterocycles. The summed E-state index contributed by atoms with van der Waals surface area (Å²) in [5.41, 5.74) is 1.39. The Morgan fingerprint density at radius 2 is 1.76 bits per heavy atom. The number of benzene rings is 2. The quantitative estimate of drug-likeness (QED) is 0.797. The van der Waals surface area contributed by atoms with Crippen molar-refractivity contribution in [3.05, 3.63) is 53.1 Å². The third-order valence-electron chi connectivity index (χ3n) is 3.97. The first-order valence-corrected chi connectivity index (χ1v) is 8.26. The van der Waals surface area contributed by atoms with E-state index in [0.29, 0.717) is 23.0 Å². The van der Waals surface area contributed by atoms with E-state index in [0.717, 1.165) is 11.3 Å². The predicted molar refractivity (Wildman–Crippen MR) is 101 cm³/mol. The molecule has 0 aliphatic rings. The first kappa shape index (κ1) is 18.9. The Balaban J connectivity index is 1.99. The molecule has 2 amide bonds. The van der Waals surface area contributed by atoms with E-state index in [1.165, 1.54) is 0 Å². The number of anilines is 1. The molecule has 0 saturated heterocycles. The number of carbonyl (C=O) groups is 1. The number of nitrogens with one attached hydrogen (secondary N) is 2. The van der Waals surface area contributed by atoms with Crippen molar-refractivity contribution in [2.75, 3.05) is 26.1 Å². The first-order valence-electron chi connectivity index (χ1n) is 7.88. The second-order valence-electron chi connectivity index (χ2n) is 6.26. The van der Waals surface area contributed by atoms with Crippen molar-refractivity contribution in [3.8, 4) is 11.5 Å². The van der Waals surface area contributed by atoms with Crippen LogP contribution in [0.2, 0.25) is 5.02 Å². The van der Waals surface area contributed by atoms with Crippen LogP contribution in [0, 0.1) is 0 Å². The molecule has 134 valence electrons. The molecular formula is C19H23ClN2O3. The average molecular weight is 363 g/mol. The fraction of sp³-hybridized carbons (Fsp3) is 0.316. The second-order valence-corrected chi connectivity index (χ2v) is 6.70. The highest BCUT2D eigenvalue weighted by molar-refractivity contribution is 6.31. The van der Waals surface area contributed by atoms with Crippen molar-refractivity contribution in [2.45, 2.75) is 19.3 Å². The van der Waals surface area contributed by atoms with E-state index in [-0.39, 0.29) is 11.4 Å². The zero-order chi connectivity index (χ0) is 18.4. The number of amides is 2. The molecule has 0 radical (unpaired) electrons. The molecule has 0 aliphatic carbocycles. The molecule has 6 heteroatoms. The Kier molecular flexibility index (Phi) is 6.15. The topological polar surface area (TPSA) is 59.6 Å². The number of rotatable bonds is 6. The molecule has 0 fully saturated rings. The molecule has 0 bridgehead atoms. The maximum atomic E-state index is 12.2. The number of urea groups is 1. The van der Waals surface area contributed by atoms with E-state index < -0.39 is 0 Å². The minimum atomic E-state index is -0.317. The highest BCUT2D eigenvalue weighted by atomic mass is 35.5. The molecule has 2 aromatic carbocycles. The van der Waals surface area contributed by atoms with E-state index in [2.05, 4.69) is 24.5 Å². The summed E-state index contributed by atoms with van der Waals surface area (Å²) in [7, 11) is 3.18. The molecule has 0 aliphatic heterocycles. The molecule has 0 unspecified atom stereocenters. The molecule has 25 heavy (non-hydrogen) atoms. The molecule has 2 rings (SSSR count). The van der Waals surface area contributed by atoms with Crippen LogP contribution >= 0.6 is 11.6 Å². The minimum absolute atomic E-state index is 0.234. The largest absolute Gasteiger partial charge is 0.497 e. The summed E-state index contributed by atoms with van der Waals surface area (Å²) in [6, 6.07) is 12.6. The lowest BCUT2D eigenvalue weighted by Gasteiger charge is -2.26. The van der Waals surface area contributed by atoms with Crippen LogP contribution in [0.15, 0.2) is 42.5 Å². The number of halogens is 1. The van der Waals surface area contributed by atoms with Crippen molar-refractivity contribution in [3.63, 3.8) is 0 Å². The molecule has 0 saturated carbocycles. The fourth-order valence-electron chi connectivity index (χ4n) is 2.39. The van der Waals surface area contributed by atoms with Gasteiger partial charge in [-0.25, -0.2) is 4.79 Å². The van der Waals surface area contributed by atoms with Crippen LogP contribution in [0.1, 0.15) is 19.4 Å².